The second-order valence-electron chi connectivity index (χ2n) is 5.08. The van der Waals surface area contributed by atoms with E-state index in [1.165, 1.54) is 26.4 Å². The average Bonchev–Trinajstić information content (AvgIpc) is 2.57. The Balaban J connectivity index is 2.12. The molecule has 1 amide bonds. The van der Waals surface area contributed by atoms with E-state index in [0.29, 0.717) is 28.0 Å². The summed E-state index contributed by atoms with van der Waals surface area (Å²) in [4.78, 5) is 12.1. The van der Waals surface area contributed by atoms with Gasteiger partial charge in [-0.1, -0.05) is 34.8 Å². The summed E-state index contributed by atoms with van der Waals surface area (Å²) in [6.45, 7) is 1.63. The number of aryl methyl sites for hydroxylation is 1. The molecule has 5 nitrogen and oxygen atoms in total. The van der Waals surface area contributed by atoms with Gasteiger partial charge in [0, 0.05) is 0 Å². The monoisotopic (exact) mass is 403 g/mol. The van der Waals surface area contributed by atoms with Crippen LogP contribution < -0.4 is 19.5 Å². The Morgan fingerprint density at radius 3 is 2.08 bits per heavy atom. The lowest BCUT2D eigenvalue weighted by Gasteiger charge is -2.15. The molecule has 0 atom stereocenters. The van der Waals surface area contributed by atoms with Crippen molar-refractivity contribution in [2.75, 3.05) is 26.1 Å². The lowest BCUT2D eigenvalue weighted by Crippen LogP contribution is -2.20. The fourth-order valence-electron chi connectivity index (χ4n) is 2.10. The van der Waals surface area contributed by atoms with Crippen molar-refractivity contribution in [2.24, 2.45) is 0 Å². The summed E-state index contributed by atoms with van der Waals surface area (Å²) < 4.78 is 16.1. The summed E-state index contributed by atoms with van der Waals surface area (Å²) in [5, 5.41) is 3.47. The van der Waals surface area contributed by atoms with Gasteiger partial charge in [-0.25, -0.2) is 0 Å². The minimum Gasteiger partial charge on any atom is -0.493 e. The Bertz CT molecular complexity index is 771. The number of halogens is 3. The summed E-state index contributed by atoms with van der Waals surface area (Å²) in [7, 11) is 3.02. The molecule has 0 unspecified atom stereocenters. The van der Waals surface area contributed by atoms with Gasteiger partial charge in [-0.05, 0) is 36.8 Å². The molecule has 1 N–H and O–H groups in total. The van der Waals surface area contributed by atoms with Gasteiger partial charge in [-0.15, -0.1) is 0 Å². The number of benzene rings is 2. The number of hydrogen-bond donors (Lipinski definition) is 1. The second kappa shape index (κ2) is 8.52. The molecule has 0 saturated heterocycles. The zero-order chi connectivity index (χ0) is 18.6. The van der Waals surface area contributed by atoms with E-state index >= 15 is 0 Å². The van der Waals surface area contributed by atoms with Crippen LogP contribution in [0.4, 0.5) is 5.69 Å². The van der Waals surface area contributed by atoms with Crippen molar-refractivity contribution in [3.8, 4) is 17.2 Å². The SMILES string of the molecule is COc1cc(C)cc(OC)c1OCC(=O)Nc1cc(Cl)c(Cl)cc1Cl. The molecule has 8 heteroatoms. The number of methoxy groups -OCH3 is 2. The number of nitrogens with one attached hydrogen (secondary N) is 1. The zero-order valence-corrected chi connectivity index (χ0v) is 16.1. The molecule has 0 fully saturated rings. The van der Waals surface area contributed by atoms with Gasteiger partial charge in [0.25, 0.3) is 5.91 Å². The Morgan fingerprint density at radius 2 is 1.52 bits per heavy atom. The number of anilines is 1. The molecular formula is C17H16Cl3NO4. The summed E-state index contributed by atoms with van der Waals surface area (Å²) in [5.41, 5.74) is 1.28. The molecule has 0 heterocycles. The molecule has 0 aliphatic carbocycles. The molecule has 25 heavy (non-hydrogen) atoms. The Morgan fingerprint density at radius 1 is 0.960 bits per heavy atom. The van der Waals surface area contributed by atoms with Gasteiger partial charge in [-0.2, -0.15) is 0 Å². The van der Waals surface area contributed by atoms with Crippen LogP contribution in [0.15, 0.2) is 24.3 Å². The fraction of sp³-hybridized carbons (Fsp3) is 0.235. The van der Waals surface area contributed by atoms with E-state index in [1.54, 1.807) is 12.1 Å². The van der Waals surface area contributed by atoms with Gasteiger partial charge in [0.2, 0.25) is 5.75 Å². The van der Waals surface area contributed by atoms with Crippen molar-refractivity contribution >= 4 is 46.4 Å². The van der Waals surface area contributed by atoms with Crippen LogP contribution in [0.3, 0.4) is 0 Å². The molecule has 0 aromatic heterocycles. The summed E-state index contributed by atoms with van der Waals surface area (Å²) in [6.07, 6.45) is 0. The maximum absolute atomic E-state index is 12.1. The smallest absolute Gasteiger partial charge is 0.262 e. The van der Waals surface area contributed by atoms with Gasteiger partial charge >= 0.3 is 0 Å². The molecule has 2 rings (SSSR count). The van der Waals surface area contributed by atoms with Crippen LogP contribution in [0.25, 0.3) is 0 Å². The number of hydrogen-bond acceptors (Lipinski definition) is 4. The lowest BCUT2D eigenvalue weighted by molar-refractivity contribution is -0.118. The summed E-state index contributed by atoms with van der Waals surface area (Å²) in [6, 6.07) is 6.49. The molecule has 0 aliphatic heterocycles. The van der Waals surface area contributed by atoms with Crippen LogP contribution in [-0.2, 0) is 4.79 Å². The molecule has 0 aliphatic rings. The number of ether oxygens (including phenoxy) is 3. The summed E-state index contributed by atoms with van der Waals surface area (Å²) >= 11 is 17.8. The topological polar surface area (TPSA) is 56.8 Å². The molecule has 0 radical (unpaired) electrons. The van der Waals surface area contributed by atoms with Crippen LogP contribution >= 0.6 is 34.8 Å². The molecular weight excluding hydrogens is 389 g/mol. The van der Waals surface area contributed by atoms with Crippen LogP contribution in [0, 0.1) is 6.92 Å². The largest absolute Gasteiger partial charge is 0.493 e. The molecule has 0 spiro atoms. The maximum Gasteiger partial charge on any atom is 0.262 e. The average molecular weight is 405 g/mol. The lowest BCUT2D eigenvalue weighted by atomic mass is 10.2. The number of amides is 1. The third-order valence-electron chi connectivity index (χ3n) is 3.24. The summed E-state index contributed by atoms with van der Waals surface area (Å²) in [5.74, 6) is 0.852. The zero-order valence-electron chi connectivity index (χ0n) is 13.8. The van der Waals surface area contributed by atoms with Crippen LogP contribution in [-0.4, -0.2) is 26.7 Å². The predicted molar refractivity (Wildman–Crippen MR) is 99.9 cm³/mol. The van der Waals surface area contributed by atoms with Gasteiger partial charge in [0.15, 0.2) is 18.1 Å². The van der Waals surface area contributed by atoms with E-state index in [9.17, 15) is 4.79 Å². The van der Waals surface area contributed by atoms with E-state index in [4.69, 9.17) is 49.0 Å². The first-order valence-corrected chi connectivity index (χ1v) is 8.29. The molecule has 134 valence electrons. The van der Waals surface area contributed by atoms with E-state index in [1.807, 2.05) is 6.92 Å². The fourth-order valence-corrected chi connectivity index (χ4v) is 2.69. The van der Waals surface area contributed by atoms with E-state index in [-0.39, 0.29) is 16.7 Å². The van der Waals surface area contributed by atoms with Crippen LogP contribution in [0.2, 0.25) is 15.1 Å². The van der Waals surface area contributed by atoms with E-state index in [2.05, 4.69) is 5.32 Å². The van der Waals surface area contributed by atoms with Crippen molar-refractivity contribution in [3.63, 3.8) is 0 Å². The Hall–Kier alpha value is -1.82. The van der Waals surface area contributed by atoms with Gasteiger partial charge in [0.1, 0.15) is 0 Å². The highest BCUT2D eigenvalue weighted by Gasteiger charge is 2.16. The normalized spacial score (nSPS) is 10.3. The van der Waals surface area contributed by atoms with Gasteiger partial charge in [-0.3, -0.25) is 4.79 Å². The first-order valence-electron chi connectivity index (χ1n) is 7.15. The third kappa shape index (κ3) is 4.84. The highest BCUT2D eigenvalue weighted by Crippen LogP contribution is 2.38. The van der Waals surface area contributed by atoms with Crippen molar-refractivity contribution in [3.05, 3.63) is 44.9 Å². The third-order valence-corrected chi connectivity index (χ3v) is 4.27. The Kier molecular flexibility index (Phi) is 6.64. The standard InChI is InChI=1S/C17H16Cl3NO4/c1-9-4-14(23-2)17(15(5-9)24-3)25-8-16(22)21-13-7-11(19)10(18)6-12(13)20/h4-7H,8H2,1-3H3,(H,21,22). The van der Waals surface area contributed by atoms with Gasteiger partial charge in [0.05, 0.1) is 35.0 Å². The Labute approximate surface area is 160 Å². The quantitative estimate of drug-likeness (QED) is 0.689. The molecule has 2 aromatic carbocycles. The van der Waals surface area contributed by atoms with Crippen molar-refractivity contribution < 1.29 is 19.0 Å². The first-order chi connectivity index (χ1) is 11.8. The number of carbonyl (C=O) groups excluding carboxylic acids is 1. The van der Waals surface area contributed by atoms with Crippen molar-refractivity contribution in [1.29, 1.82) is 0 Å². The van der Waals surface area contributed by atoms with Crippen molar-refractivity contribution in [2.45, 2.75) is 6.92 Å². The minimum atomic E-state index is -0.426. The number of rotatable bonds is 6. The van der Waals surface area contributed by atoms with Crippen LogP contribution in [0.1, 0.15) is 5.56 Å². The van der Waals surface area contributed by atoms with E-state index in [0.717, 1.165) is 5.56 Å². The molecule has 0 bridgehead atoms. The molecule has 2 aromatic rings. The predicted octanol–water partition coefficient (Wildman–Crippen LogP) is 4.99. The second-order valence-corrected chi connectivity index (χ2v) is 6.30. The minimum absolute atomic E-state index is 0.271. The number of carbonyl (C=O) groups is 1. The molecule has 0 saturated carbocycles. The van der Waals surface area contributed by atoms with Crippen molar-refractivity contribution in [1.82, 2.24) is 0 Å². The van der Waals surface area contributed by atoms with E-state index < -0.39 is 5.91 Å². The van der Waals surface area contributed by atoms with Gasteiger partial charge < -0.3 is 19.5 Å². The highest BCUT2D eigenvalue weighted by molar-refractivity contribution is 6.44. The first kappa shape index (κ1) is 19.5. The maximum atomic E-state index is 12.1. The van der Waals surface area contributed by atoms with Crippen LogP contribution in [0.5, 0.6) is 17.2 Å². The highest BCUT2D eigenvalue weighted by atomic mass is 35.5.